The summed E-state index contributed by atoms with van der Waals surface area (Å²) in [6, 6.07) is 59.3. The molecule has 2 nitrogen and oxygen atoms in total. The van der Waals surface area contributed by atoms with Crippen LogP contribution in [0.3, 0.4) is 0 Å². The second-order valence-corrected chi connectivity index (χ2v) is 16.9. The minimum Gasteiger partial charge on any atom is -0.311 e. The number of nitrogens with zero attached hydrogens (tertiary/aromatic N) is 2. The third-order valence-electron chi connectivity index (χ3n) is 12.0. The lowest BCUT2D eigenvalue weighted by Crippen LogP contribution is -2.12. The molecule has 0 saturated heterocycles. The lowest BCUT2D eigenvalue weighted by Gasteiger charge is -2.30. The molecule has 9 rings (SSSR count). The van der Waals surface area contributed by atoms with E-state index in [0.29, 0.717) is 11.8 Å². The van der Waals surface area contributed by atoms with Gasteiger partial charge in [0.2, 0.25) is 0 Å². The molecule has 0 bridgehead atoms. The van der Waals surface area contributed by atoms with Gasteiger partial charge in [0.05, 0.1) is 5.69 Å². The van der Waals surface area contributed by atoms with Gasteiger partial charge in [0.25, 0.3) is 0 Å². The van der Waals surface area contributed by atoms with Gasteiger partial charge in [-0.2, -0.15) is 0 Å². The van der Waals surface area contributed by atoms with Crippen LogP contribution in [0.1, 0.15) is 72.9 Å². The Labute approximate surface area is 344 Å². The van der Waals surface area contributed by atoms with Gasteiger partial charge in [-0.3, -0.25) is 0 Å². The molecule has 0 aliphatic rings. The molecule has 286 valence electrons. The summed E-state index contributed by atoms with van der Waals surface area (Å²) in [4.78, 5) is 4.82. The van der Waals surface area contributed by atoms with E-state index in [2.05, 4.69) is 223 Å². The largest absolute Gasteiger partial charge is 0.311 e. The quantitative estimate of drug-likeness (QED) is 0.136. The third-order valence-corrected chi connectivity index (χ3v) is 12.0. The first-order valence-corrected chi connectivity index (χ1v) is 20.8. The maximum absolute atomic E-state index is 2.47. The topological polar surface area (TPSA) is 6.48 Å². The Hall–Kier alpha value is -6.38. The second kappa shape index (κ2) is 14.8. The Morgan fingerprint density at radius 2 is 0.655 bits per heavy atom. The molecule has 0 atom stereocenters. The van der Waals surface area contributed by atoms with Crippen molar-refractivity contribution in [2.75, 3.05) is 9.80 Å². The highest BCUT2D eigenvalue weighted by atomic mass is 15.1. The SMILES string of the molecule is Cc1ccc(N(c2ccc(C)cc2)c2ccc(-c3cc(C(C)C)c4ccc5c(N(c6ccc(C)cc6)c6ccc(C)cc6)cc(C(C)C)c6ccc3c4c65)cc2)cc1. The number of anilines is 6. The van der Waals surface area contributed by atoms with Gasteiger partial charge in [-0.15, -0.1) is 0 Å². The third kappa shape index (κ3) is 6.57. The van der Waals surface area contributed by atoms with Gasteiger partial charge in [0.1, 0.15) is 0 Å². The molecule has 0 saturated carbocycles. The fraction of sp³-hybridized carbons (Fsp3) is 0.179. The van der Waals surface area contributed by atoms with Crippen molar-refractivity contribution in [2.45, 2.75) is 67.2 Å². The van der Waals surface area contributed by atoms with Crippen molar-refractivity contribution in [1.29, 1.82) is 0 Å². The van der Waals surface area contributed by atoms with E-state index in [1.807, 2.05) is 0 Å². The van der Waals surface area contributed by atoms with Crippen LogP contribution in [0, 0.1) is 27.7 Å². The average molecular weight is 753 g/mol. The molecule has 0 aliphatic carbocycles. The van der Waals surface area contributed by atoms with Gasteiger partial charge in [-0.1, -0.05) is 135 Å². The molecular formula is C56H52N2. The van der Waals surface area contributed by atoms with Crippen LogP contribution in [0.2, 0.25) is 0 Å². The predicted octanol–water partition coefficient (Wildman–Crippen LogP) is 16.7. The maximum Gasteiger partial charge on any atom is 0.0543 e. The number of aryl methyl sites for hydroxylation is 4. The Morgan fingerprint density at radius 1 is 0.328 bits per heavy atom. The zero-order chi connectivity index (χ0) is 40.2. The van der Waals surface area contributed by atoms with Gasteiger partial charge in [-0.25, -0.2) is 0 Å². The molecule has 0 unspecified atom stereocenters. The van der Waals surface area contributed by atoms with Crippen molar-refractivity contribution in [2.24, 2.45) is 0 Å². The minimum atomic E-state index is 0.336. The van der Waals surface area contributed by atoms with E-state index in [1.165, 1.54) is 82.5 Å². The van der Waals surface area contributed by atoms with E-state index in [0.717, 1.165) is 28.4 Å². The fourth-order valence-electron chi connectivity index (χ4n) is 8.85. The molecule has 58 heavy (non-hydrogen) atoms. The standard InChI is InChI=1S/C56H52N2/c1-35(2)51-33-53(41-17-27-44(28-18-41)57(42-19-9-37(5)10-20-42)43-21-11-38(6)12-22-43)49-30-29-48-52(36(3)4)34-54(50-32-31-47(51)55(49)56(48)50)58(45-23-13-39(7)14-24-45)46-25-15-40(8)16-26-46/h9-36H,1-8H3. The molecule has 0 amide bonds. The summed E-state index contributed by atoms with van der Waals surface area (Å²) in [5.74, 6) is 0.685. The van der Waals surface area contributed by atoms with Crippen LogP contribution in [0.15, 0.2) is 158 Å². The summed E-state index contributed by atoms with van der Waals surface area (Å²) < 4.78 is 0. The lowest BCUT2D eigenvalue weighted by molar-refractivity contribution is 0.876. The molecule has 0 fully saturated rings. The maximum atomic E-state index is 2.47. The summed E-state index contributed by atoms with van der Waals surface area (Å²) in [6.45, 7) is 17.9. The van der Waals surface area contributed by atoms with Crippen molar-refractivity contribution in [3.05, 3.63) is 191 Å². The number of rotatable bonds is 9. The van der Waals surface area contributed by atoms with Crippen LogP contribution in [0.25, 0.3) is 43.4 Å². The molecule has 0 radical (unpaired) electrons. The molecule has 9 aromatic rings. The number of benzene rings is 9. The van der Waals surface area contributed by atoms with Crippen LogP contribution < -0.4 is 9.80 Å². The van der Waals surface area contributed by atoms with Crippen molar-refractivity contribution >= 4 is 66.4 Å². The molecule has 0 heterocycles. The Morgan fingerprint density at radius 3 is 1.07 bits per heavy atom. The highest BCUT2D eigenvalue weighted by molar-refractivity contribution is 6.29. The first kappa shape index (κ1) is 37.2. The summed E-state index contributed by atoms with van der Waals surface area (Å²) in [5.41, 5.74) is 17.2. The molecule has 0 spiro atoms. The smallest absolute Gasteiger partial charge is 0.0543 e. The highest BCUT2D eigenvalue weighted by Crippen LogP contribution is 2.49. The summed E-state index contributed by atoms with van der Waals surface area (Å²) >= 11 is 0. The Kier molecular flexibility index (Phi) is 9.53. The van der Waals surface area contributed by atoms with Crippen LogP contribution in [-0.2, 0) is 0 Å². The lowest BCUT2D eigenvalue weighted by atomic mass is 9.82. The van der Waals surface area contributed by atoms with E-state index >= 15 is 0 Å². The predicted molar refractivity (Wildman–Crippen MR) is 252 cm³/mol. The van der Waals surface area contributed by atoms with Crippen LogP contribution in [0.5, 0.6) is 0 Å². The molecule has 0 N–H and O–H groups in total. The highest BCUT2D eigenvalue weighted by Gasteiger charge is 2.24. The molecule has 2 heteroatoms. The van der Waals surface area contributed by atoms with E-state index in [1.54, 1.807) is 0 Å². The van der Waals surface area contributed by atoms with Crippen molar-refractivity contribution in [3.63, 3.8) is 0 Å². The zero-order valence-electron chi connectivity index (χ0n) is 35.1. The molecule has 0 aromatic heterocycles. The van der Waals surface area contributed by atoms with Crippen LogP contribution >= 0.6 is 0 Å². The van der Waals surface area contributed by atoms with Gasteiger partial charge in [0.15, 0.2) is 0 Å². The number of hydrogen-bond acceptors (Lipinski definition) is 2. The van der Waals surface area contributed by atoms with Crippen LogP contribution in [-0.4, -0.2) is 0 Å². The first-order valence-electron chi connectivity index (χ1n) is 20.8. The minimum absolute atomic E-state index is 0.336. The monoisotopic (exact) mass is 752 g/mol. The molecule has 9 aromatic carbocycles. The Balaban J connectivity index is 1.28. The van der Waals surface area contributed by atoms with E-state index in [-0.39, 0.29) is 0 Å². The van der Waals surface area contributed by atoms with Crippen molar-refractivity contribution in [3.8, 4) is 11.1 Å². The van der Waals surface area contributed by atoms with Gasteiger partial charge in [-0.05, 0) is 162 Å². The van der Waals surface area contributed by atoms with Crippen molar-refractivity contribution < 1.29 is 0 Å². The van der Waals surface area contributed by atoms with Gasteiger partial charge in [0, 0.05) is 33.8 Å². The normalized spacial score (nSPS) is 11.8. The van der Waals surface area contributed by atoms with E-state index in [9.17, 15) is 0 Å². The summed E-state index contributed by atoms with van der Waals surface area (Å²) in [5, 5.41) is 7.96. The van der Waals surface area contributed by atoms with E-state index < -0.39 is 0 Å². The van der Waals surface area contributed by atoms with Crippen LogP contribution in [0.4, 0.5) is 34.1 Å². The average Bonchev–Trinajstić information content (AvgIpc) is 3.23. The summed E-state index contributed by atoms with van der Waals surface area (Å²) in [7, 11) is 0. The van der Waals surface area contributed by atoms with E-state index in [4.69, 9.17) is 0 Å². The molecule has 0 aliphatic heterocycles. The fourth-order valence-corrected chi connectivity index (χ4v) is 8.85. The zero-order valence-corrected chi connectivity index (χ0v) is 35.1. The summed E-state index contributed by atoms with van der Waals surface area (Å²) in [6.07, 6.45) is 0. The molecular weight excluding hydrogens is 701 g/mol. The van der Waals surface area contributed by atoms with Gasteiger partial charge < -0.3 is 9.80 Å². The first-order chi connectivity index (χ1) is 28.0. The Bertz CT molecular complexity index is 2790. The van der Waals surface area contributed by atoms with Crippen molar-refractivity contribution in [1.82, 2.24) is 0 Å². The second-order valence-electron chi connectivity index (χ2n) is 16.9. The number of hydrogen-bond donors (Lipinski definition) is 0. The van der Waals surface area contributed by atoms with Gasteiger partial charge >= 0.3 is 0 Å².